The molecule has 4 nitrogen and oxygen atoms in total. The monoisotopic (exact) mass is 404 g/mol. The molecule has 1 atom stereocenters. The standard InChI is InChI=1S/C18H17BrN2O2S/c1-11-2-7-14-15(9-20)18(24-16(14)8-11)21-17(22)10-23-13-5-3-12(19)4-6-13/h3-6,11H,2,7-8,10H2,1H3,(H,21,22)/t11-/m0/s1. The van der Waals surface area contributed by atoms with Crippen molar-refractivity contribution in [3.63, 3.8) is 0 Å². The zero-order valence-corrected chi connectivity index (χ0v) is 15.7. The molecule has 0 unspecified atom stereocenters. The number of ether oxygens (including phenoxy) is 1. The van der Waals surface area contributed by atoms with Crippen molar-refractivity contribution in [1.82, 2.24) is 0 Å². The van der Waals surface area contributed by atoms with E-state index in [0.29, 0.717) is 22.2 Å². The summed E-state index contributed by atoms with van der Waals surface area (Å²) in [5.74, 6) is 1.02. The van der Waals surface area contributed by atoms with Crippen molar-refractivity contribution in [1.29, 1.82) is 5.26 Å². The molecule has 3 rings (SSSR count). The maximum atomic E-state index is 12.1. The van der Waals surface area contributed by atoms with Gasteiger partial charge in [0.25, 0.3) is 5.91 Å². The lowest BCUT2D eigenvalue weighted by molar-refractivity contribution is -0.118. The fourth-order valence-electron chi connectivity index (χ4n) is 2.80. The number of anilines is 1. The molecule has 0 spiro atoms. The Balaban J connectivity index is 1.66. The number of hydrogen-bond acceptors (Lipinski definition) is 4. The van der Waals surface area contributed by atoms with Gasteiger partial charge in [0.1, 0.15) is 16.8 Å². The van der Waals surface area contributed by atoms with Gasteiger partial charge in [-0.25, -0.2) is 0 Å². The van der Waals surface area contributed by atoms with Crippen molar-refractivity contribution in [3.05, 3.63) is 44.7 Å². The van der Waals surface area contributed by atoms with E-state index < -0.39 is 0 Å². The second kappa shape index (κ2) is 7.37. The van der Waals surface area contributed by atoms with Gasteiger partial charge in [0, 0.05) is 9.35 Å². The van der Waals surface area contributed by atoms with Gasteiger partial charge in [-0.05, 0) is 55.0 Å². The SMILES string of the molecule is C[C@H]1CCc2c(sc(NC(=O)COc3ccc(Br)cc3)c2C#N)C1. The van der Waals surface area contributed by atoms with E-state index in [2.05, 4.69) is 34.2 Å². The zero-order valence-electron chi connectivity index (χ0n) is 13.3. The third-order valence-corrected chi connectivity index (χ3v) is 5.76. The summed E-state index contributed by atoms with van der Waals surface area (Å²) in [6.07, 6.45) is 3.00. The number of nitrogens with zero attached hydrogens (tertiary/aromatic N) is 1. The number of nitriles is 1. The Hall–Kier alpha value is -1.84. The van der Waals surface area contributed by atoms with E-state index in [0.717, 1.165) is 29.3 Å². The lowest BCUT2D eigenvalue weighted by Crippen LogP contribution is -2.20. The van der Waals surface area contributed by atoms with Crippen molar-refractivity contribution in [2.75, 3.05) is 11.9 Å². The summed E-state index contributed by atoms with van der Waals surface area (Å²) in [4.78, 5) is 13.4. The van der Waals surface area contributed by atoms with Gasteiger partial charge in [-0.2, -0.15) is 5.26 Å². The Bertz CT molecular complexity index is 793. The first kappa shape index (κ1) is 17.0. The van der Waals surface area contributed by atoms with Crippen LogP contribution in [0.5, 0.6) is 5.75 Å². The molecular formula is C18H17BrN2O2S. The van der Waals surface area contributed by atoms with Crippen LogP contribution in [0.2, 0.25) is 0 Å². The van der Waals surface area contributed by atoms with Crippen molar-refractivity contribution >= 4 is 38.2 Å². The van der Waals surface area contributed by atoms with Gasteiger partial charge in [0.2, 0.25) is 0 Å². The minimum atomic E-state index is -0.249. The Morgan fingerprint density at radius 2 is 2.21 bits per heavy atom. The summed E-state index contributed by atoms with van der Waals surface area (Å²) in [6, 6.07) is 9.56. The van der Waals surface area contributed by atoms with Crippen LogP contribution in [0.25, 0.3) is 0 Å². The molecule has 124 valence electrons. The van der Waals surface area contributed by atoms with Gasteiger partial charge < -0.3 is 10.1 Å². The first-order valence-corrected chi connectivity index (χ1v) is 9.40. The average molecular weight is 405 g/mol. The minimum Gasteiger partial charge on any atom is -0.484 e. The first-order chi connectivity index (χ1) is 11.6. The molecule has 1 amide bonds. The Morgan fingerprint density at radius 3 is 2.92 bits per heavy atom. The number of thiophene rings is 1. The molecule has 1 aliphatic rings. The number of halogens is 1. The summed E-state index contributed by atoms with van der Waals surface area (Å²) < 4.78 is 6.43. The number of carbonyl (C=O) groups is 1. The largest absolute Gasteiger partial charge is 0.484 e. The zero-order chi connectivity index (χ0) is 17.1. The number of rotatable bonds is 4. The van der Waals surface area contributed by atoms with Gasteiger partial charge in [-0.1, -0.05) is 22.9 Å². The highest BCUT2D eigenvalue weighted by molar-refractivity contribution is 9.10. The molecular weight excluding hydrogens is 388 g/mol. The summed E-state index contributed by atoms with van der Waals surface area (Å²) >= 11 is 4.88. The second-order valence-electron chi connectivity index (χ2n) is 5.96. The quantitative estimate of drug-likeness (QED) is 0.814. The molecule has 1 aromatic heterocycles. The van der Waals surface area contributed by atoms with Gasteiger partial charge >= 0.3 is 0 Å². The van der Waals surface area contributed by atoms with Crippen LogP contribution >= 0.6 is 27.3 Å². The Kier molecular flexibility index (Phi) is 5.22. The molecule has 0 aliphatic heterocycles. The maximum Gasteiger partial charge on any atom is 0.262 e. The van der Waals surface area contributed by atoms with E-state index in [9.17, 15) is 10.1 Å². The number of fused-ring (bicyclic) bond motifs is 1. The molecule has 0 saturated carbocycles. The molecule has 0 radical (unpaired) electrons. The van der Waals surface area contributed by atoms with Crippen LogP contribution in [-0.4, -0.2) is 12.5 Å². The van der Waals surface area contributed by atoms with Crippen LogP contribution < -0.4 is 10.1 Å². The van der Waals surface area contributed by atoms with Crippen LogP contribution in [0.4, 0.5) is 5.00 Å². The summed E-state index contributed by atoms with van der Waals surface area (Å²) in [7, 11) is 0. The lowest BCUT2D eigenvalue weighted by atomic mass is 9.89. The van der Waals surface area contributed by atoms with E-state index in [4.69, 9.17) is 4.74 Å². The van der Waals surface area contributed by atoms with Crippen molar-refractivity contribution in [3.8, 4) is 11.8 Å². The van der Waals surface area contributed by atoms with Crippen LogP contribution in [-0.2, 0) is 17.6 Å². The molecule has 6 heteroatoms. The van der Waals surface area contributed by atoms with E-state index in [-0.39, 0.29) is 12.5 Å². The Morgan fingerprint density at radius 1 is 1.46 bits per heavy atom. The van der Waals surface area contributed by atoms with Crippen molar-refractivity contribution in [2.45, 2.75) is 26.2 Å². The molecule has 1 heterocycles. The third-order valence-electron chi connectivity index (χ3n) is 4.06. The molecule has 0 bridgehead atoms. The number of nitrogens with one attached hydrogen (secondary N) is 1. The first-order valence-electron chi connectivity index (χ1n) is 7.79. The normalized spacial score (nSPS) is 16.1. The number of carbonyl (C=O) groups excluding carboxylic acids is 1. The lowest BCUT2D eigenvalue weighted by Gasteiger charge is -2.17. The smallest absolute Gasteiger partial charge is 0.262 e. The van der Waals surface area contributed by atoms with Gasteiger partial charge in [-0.3, -0.25) is 4.79 Å². The predicted octanol–water partition coefficient (Wildman–Crippen LogP) is 4.52. The van der Waals surface area contributed by atoms with Gasteiger partial charge in [0.15, 0.2) is 6.61 Å². The third kappa shape index (κ3) is 3.80. The van der Waals surface area contributed by atoms with Crippen LogP contribution in [0.1, 0.15) is 29.3 Å². The number of benzene rings is 1. The van der Waals surface area contributed by atoms with E-state index in [1.807, 2.05) is 12.1 Å². The second-order valence-corrected chi connectivity index (χ2v) is 7.98. The van der Waals surface area contributed by atoms with Crippen molar-refractivity contribution in [2.24, 2.45) is 5.92 Å². The molecule has 0 saturated heterocycles. The van der Waals surface area contributed by atoms with E-state index in [1.165, 1.54) is 16.2 Å². The summed E-state index contributed by atoms with van der Waals surface area (Å²) in [6.45, 7) is 2.14. The highest BCUT2D eigenvalue weighted by Gasteiger charge is 2.24. The van der Waals surface area contributed by atoms with Crippen LogP contribution in [0, 0.1) is 17.2 Å². The molecule has 2 aromatic rings. The average Bonchev–Trinajstić information content (AvgIpc) is 2.90. The summed E-state index contributed by atoms with van der Waals surface area (Å²) in [5, 5.41) is 12.9. The van der Waals surface area contributed by atoms with E-state index in [1.54, 1.807) is 12.1 Å². The predicted molar refractivity (Wildman–Crippen MR) is 98.5 cm³/mol. The number of amides is 1. The van der Waals surface area contributed by atoms with Gasteiger partial charge in [0.05, 0.1) is 5.56 Å². The maximum absolute atomic E-state index is 12.1. The molecule has 1 aliphatic carbocycles. The fourth-order valence-corrected chi connectivity index (χ4v) is 4.44. The summed E-state index contributed by atoms with van der Waals surface area (Å²) in [5.41, 5.74) is 1.74. The van der Waals surface area contributed by atoms with Crippen LogP contribution in [0.15, 0.2) is 28.7 Å². The topological polar surface area (TPSA) is 62.1 Å². The highest BCUT2D eigenvalue weighted by atomic mass is 79.9. The highest BCUT2D eigenvalue weighted by Crippen LogP contribution is 2.39. The Labute approximate surface area is 153 Å². The molecule has 1 N–H and O–H groups in total. The fraction of sp³-hybridized carbons (Fsp3) is 0.333. The van der Waals surface area contributed by atoms with Crippen LogP contribution in [0.3, 0.4) is 0 Å². The molecule has 24 heavy (non-hydrogen) atoms. The number of hydrogen-bond donors (Lipinski definition) is 1. The van der Waals surface area contributed by atoms with E-state index >= 15 is 0 Å². The van der Waals surface area contributed by atoms with Gasteiger partial charge in [-0.15, -0.1) is 11.3 Å². The van der Waals surface area contributed by atoms with Crippen molar-refractivity contribution < 1.29 is 9.53 Å². The minimum absolute atomic E-state index is 0.0779. The molecule has 1 aromatic carbocycles. The molecule has 0 fully saturated rings.